The Bertz CT molecular complexity index is 1040. The molecule has 0 atom stereocenters. The molecule has 1 aliphatic heterocycles. The fraction of sp³-hybridized carbons (Fsp3) is 0.333. The lowest BCUT2D eigenvalue weighted by molar-refractivity contribution is 0.373. The predicted molar refractivity (Wildman–Crippen MR) is 145 cm³/mol. The second-order valence-corrected chi connectivity index (χ2v) is 8.50. The van der Waals surface area contributed by atoms with Gasteiger partial charge in [-0.25, -0.2) is 4.99 Å². The first kappa shape index (κ1) is 24.3. The molecule has 0 aliphatic carbocycles. The highest BCUT2D eigenvalue weighted by atomic mass is 127. The summed E-state index contributed by atoms with van der Waals surface area (Å²) in [6, 6.07) is 17.9. The molecule has 8 heteroatoms. The van der Waals surface area contributed by atoms with Crippen molar-refractivity contribution >= 4 is 46.3 Å². The van der Waals surface area contributed by atoms with Gasteiger partial charge in [0, 0.05) is 45.0 Å². The zero-order valence-electron chi connectivity index (χ0n) is 18.3. The Kier molecular flexibility index (Phi) is 9.16. The molecule has 1 saturated heterocycles. The molecule has 0 amide bonds. The molecule has 6 nitrogen and oxygen atoms in total. The Balaban J connectivity index is 0.00000289. The number of halogens is 1. The van der Waals surface area contributed by atoms with Crippen molar-refractivity contribution in [2.24, 2.45) is 4.99 Å². The molecule has 0 spiro atoms. The van der Waals surface area contributed by atoms with Crippen LogP contribution in [-0.2, 0) is 13.1 Å². The number of aromatic nitrogens is 1. The minimum atomic E-state index is 0. The molecular formula is C24H30IN5OS. The summed E-state index contributed by atoms with van der Waals surface area (Å²) in [6.07, 6.45) is 1.82. The van der Waals surface area contributed by atoms with Crippen LogP contribution in [0.2, 0.25) is 0 Å². The van der Waals surface area contributed by atoms with Crippen molar-refractivity contribution in [2.45, 2.75) is 20.0 Å². The highest BCUT2D eigenvalue weighted by Gasteiger charge is 2.20. The standard InChI is InChI=1S/C24H29N5OS.HI/c1-2-25-24(28-15-13-27(14-16-28)23-7-5-17-31-23)26-18-20-8-10-21(11-9-20)19-29-12-4-3-6-22(29)30;/h3-12,17H,2,13-16,18-19H2,1H3,(H,25,26);1H. The monoisotopic (exact) mass is 563 g/mol. The van der Waals surface area contributed by atoms with Crippen LogP contribution in [0.5, 0.6) is 0 Å². The number of nitrogens with zero attached hydrogens (tertiary/aromatic N) is 4. The first-order chi connectivity index (χ1) is 15.2. The van der Waals surface area contributed by atoms with Crippen molar-refractivity contribution in [1.82, 2.24) is 14.8 Å². The molecule has 3 aromatic rings. The molecule has 170 valence electrons. The second-order valence-electron chi connectivity index (χ2n) is 7.58. The average molecular weight is 564 g/mol. The van der Waals surface area contributed by atoms with E-state index < -0.39 is 0 Å². The summed E-state index contributed by atoms with van der Waals surface area (Å²) < 4.78 is 1.71. The number of aliphatic imine (C=N–C) groups is 1. The summed E-state index contributed by atoms with van der Waals surface area (Å²) in [4.78, 5) is 21.6. The van der Waals surface area contributed by atoms with Crippen molar-refractivity contribution in [3.05, 3.63) is 87.7 Å². The topological polar surface area (TPSA) is 52.9 Å². The minimum Gasteiger partial charge on any atom is -0.360 e. The van der Waals surface area contributed by atoms with Crippen LogP contribution in [-0.4, -0.2) is 48.2 Å². The quantitative estimate of drug-likeness (QED) is 0.281. The van der Waals surface area contributed by atoms with E-state index in [1.54, 1.807) is 28.0 Å². The summed E-state index contributed by atoms with van der Waals surface area (Å²) >= 11 is 1.80. The Morgan fingerprint density at radius 1 is 1.00 bits per heavy atom. The number of anilines is 1. The smallest absolute Gasteiger partial charge is 0.250 e. The lowest BCUT2D eigenvalue weighted by Crippen LogP contribution is -2.52. The Morgan fingerprint density at radius 2 is 1.75 bits per heavy atom. The predicted octanol–water partition coefficient (Wildman–Crippen LogP) is 3.86. The number of rotatable bonds is 6. The van der Waals surface area contributed by atoms with Crippen LogP contribution >= 0.6 is 35.3 Å². The van der Waals surface area contributed by atoms with Crippen molar-refractivity contribution < 1.29 is 0 Å². The molecule has 3 heterocycles. The van der Waals surface area contributed by atoms with Gasteiger partial charge < -0.3 is 19.7 Å². The Hall–Kier alpha value is -2.33. The lowest BCUT2D eigenvalue weighted by atomic mass is 10.1. The number of nitrogens with one attached hydrogen (secondary N) is 1. The lowest BCUT2D eigenvalue weighted by Gasteiger charge is -2.37. The van der Waals surface area contributed by atoms with E-state index in [1.165, 1.54) is 5.00 Å². The van der Waals surface area contributed by atoms with Crippen molar-refractivity contribution in [3.63, 3.8) is 0 Å². The molecule has 1 aromatic carbocycles. The molecule has 2 aromatic heterocycles. The van der Waals surface area contributed by atoms with Crippen molar-refractivity contribution in [2.75, 3.05) is 37.6 Å². The first-order valence-corrected chi connectivity index (χ1v) is 11.7. The van der Waals surface area contributed by atoms with Crippen molar-refractivity contribution in [3.8, 4) is 0 Å². The average Bonchev–Trinajstić information content (AvgIpc) is 3.34. The van der Waals surface area contributed by atoms with Crippen LogP contribution in [0, 0.1) is 0 Å². The molecule has 4 rings (SSSR count). The zero-order chi connectivity index (χ0) is 21.5. The van der Waals surface area contributed by atoms with Crippen LogP contribution in [0.3, 0.4) is 0 Å². The van der Waals surface area contributed by atoms with E-state index in [0.29, 0.717) is 13.1 Å². The highest BCUT2D eigenvalue weighted by Crippen LogP contribution is 2.22. The van der Waals surface area contributed by atoms with Gasteiger partial charge in [0.05, 0.1) is 18.1 Å². The second kappa shape index (κ2) is 12.1. The van der Waals surface area contributed by atoms with E-state index in [0.717, 1.165) is 49.8 Å². The van der Waals surface area contributed by atoms with E-state index in [2.05, 4.69) is 63.8 Å². The number of hydrogen-bond acceptors (Lipinski definition) is 4. The van der Waals surface area contributed by atoms with Crippen LogP contribution in [0.1, 0.15) is 18.1 Å². The maximum Gasteiger partial charge on any atom is 0.250 e. The van der Waals surface area contributed by atoms with Gasteiger partial charge >= 0.3 is 0 Å². The van der Waals surface area contributed by atoms with Gasteiger partial charge in [0.2, 0.25) is 0 Å². The van der Waals surface area contributed by atoms with Gasteiger partial charge in [-0.05, 0) is 41.6 Å². The van der Waals surface area contributed by atoms with Gasteiger partial charge in [-0.3, -0.25) is 4.79 Å². The Labute approximate surface area is 210 Å². The number of benzene rings is 1. The van der Waals surface area contributed by atoms with Gasteiger partial charge in [-0.15, -0.1) is 35.3 Å². The van der Waals surface area contributed by atoms with Gasteiger partial charge in [0.1, 0.15) is 0 Å². The molecule has 1 aliphatic rings. The van der Waals surface area contributed by atoms with E-state index in [4.69, 9.17) is 4.99 Å². The molecule has 1 N–H and O–H groups in total. The third kappa shape index (κ3) is 6.35. The van der Waals surface area contributed by atoms with Gasteiger partial charge in [-0.2, -0.15) is 0 Å². The highest BCUT2D eigenvalue weighted by molar-refractivity contribution is 14.0. The van der Waals surface area contributed by atoms with E-state index in [-0.39, 0.29) is 29.5 Å². The van der Waals surface area contributed by atoms with Crippen molar-refractivity contribution in [1.29, 1.82) is 0 Å². The zero-order valence-corrected chi connectivity index (χ0v) is 21.5. The third-order valence-electron chi connectivity index (χ3n) is 5.42. The number of hydrogen-bond donors (Lipinski definition) is 1. The normalized spacial score (nSPS) is 14.2. The first-order valence-electron chi connectivity index (χ1n) is 10.8. The number of pyridine rings is 1. The van der Waals surface area contributed by atoms with E-state index >= 15 is 0 Å². The minimum absolute atomic E-state index is 0. The van der Waals surface area contributed by atoms with Gasteiger partial charge in [-0.1, -0.05) is 30.3 Å². The number of thiophene rings is 1. The summed E-state index contributed by atoms with van der Waals surface area (Å²) in [7, 11) is 0. The molecule has 1 fully saturated rings. The van der Waals surface area contributed by atoms with E-state index in [1.807, 2.05) is 12.3 Å². The van der Waals surface area contributed by atoms with E-state index in [9.17, 15) is 4.79 Å². The van der Waals surface area contributed by atoms with Gasteiger partial charge in [0.25, 0.3) is 5.56 Å². The molecule has 0 radical (unpaired) electrons. The molecule has 0 bridgehead atoms. The molecule has 32 heavy (non-hydrogen) atoms. The Morgan fingerprint density at radius 3 is 2.41 bits per heavy atom. The maximum absolute atomic E-state index is 11.9. The van der Waals surface area contributed by atoms with Crippen LogP contribution in [0.4, 0.5) is 5.00 Å². The number of guanidine groups is 1. The molecule has 0 saturated carbocycles. The summed E-state index contributed by atoms with van der Waals surface area (Å²) in [6.45, 7) is 8.14. The largest absolute Gasteiger partial charge is 0.360 e. The summed E-state index contributed by atoms with van der Waals surface area (Å²) in [5.74, 6) is 0.980. The fourth-order valence-electron chi connectivity index (χ4n) is 3.72. The molecular weight excluding hydrogens is 533 g/mol. The summed E-state index contributed by atoms with van der Waals surface area (Å²) in [5, 5.41) is 6.93. The molecule has 0 unspecified atom stereocenters. The third-order valence-corrected chi connectivity index (χ3v) is 6.35. The maximum atomic E-state index is 11.9. The SMILES string of the molecule is CCNC(=NCc1ccc(Cn2ccccc2=O)cc1)N1CCN(c2cccs2)CC1.I. The van der Waals surface area contributed by atoms with Crippen LogP contribution in [0.15, 0.2) is 76.0 Å². The fourth-order valence-corrected chi connectivity index (χ4v) is 4.50. The van der Waals surface area contributed by atoms with Gasteiger partial charge in [0.15, 0.2) is 5.96 Å². The number of piperazine rings is 1. The summed E-state index contributed by atoms with van der Waals surface area (Å²) in [5.41, 5.74) is 2.29. The van der Waals surface area contributed by atoms with Crippen LogP contribution in [0.25, 0.3) is 0 Å². The van der Waals surface area contributed by atoms with Crippen LogP contribution < -0.4 is 15.8 Å².